The van der Waals surface area contributed by atoms with Gasteiger partial charge < -0.3 is 20.4 Å². The van der Waals surface area contributed by atoms with Crippen LogP contribution in [0.5, 0.6) is 0 Å². The molecule has 12 heavy (non-hydrogen) atoms. The van der Waals surface area contributed by atoms with Crippen molar-refractivity contribution in [3.63, 3.8) is 0 Å². The summed E-state index contributed by atoms with van der Waals surface area (Å²) in [6.45, 7) is 0. The fourth-order valence-corrected chi connectivity index (χ4v) is 0.270. The van der Waals surface area contributed by atoms with Crippen LogP contribution in [0.4, 0.5) is 0 Å². The van der Waals surface area contributed by atoms with Crippen LogP contribution in [0.15, 0.2) is 0 Å². The molecule has 1 radical (unpaired) electrons. The number of hydrogen-bond acceptors (Lipinski definition) is 4. The van der Waals surface area contributed by atoms with E-state index in [-0.39, 0.29) is 68.5 Å². The summed E-state index contributed by atoms with van der Waals surface area (Å²) in [6.07, 6.45) is -4.53. The van der Waals surface area contributed by atoms with Crippen molar-refractivity contribution in [1.29, 1.82) is 0 Å². The van der Waals surface area contributed by atoms with Crippen LogP contribution in [0.3, 0.4) is 0 Å². The molecule has 2 atom stereocenters. The second-order valence-electron chi connectivity index (χ2n) is 1.57. The molecule has 0 aromatic carbocycles. The SMILES string of the molecule is O=C(O)C(O)C(O)C(=O)O.[Cu].[KH]. The molecule has 0 aliphatic carbocycles. The topological polar surface area (TPSA) is 115 Å². The van der Waals surface area contributed by atoms with Gasteiger partial charge in [-0.05, 0) is 0 Å². The fraction of sp³-hybridized carbons (Fsp3) is 0.500. The Kier molecular flexibility index (Phi) is 13.4. The third-order valence-corrected chi connectivity index (χ3v) is 0.805. The van der Waals surface area contributed by atoms with Gasteiger partial charge in [0.05, 0.1) is 0 Å². The van der Waals surface area contributed by atoms with Crippen molar-refractivity contribution in [3.8, 4) is 0 Å². The Hall–Kier alpha value is 1.02. The van der Waals surface area contributed by atoms with Crippen LogP contribution in [0.25, 0.3) is 0 Å². The number of rotatable bonds is 3. The minimum atomic E-state index is -2.27. The Morgan fingerprint density at radius 3 is 1.17 bits per heavy atom. The second kappa shape index (κ2) is 8.61. The molecular formula is C4H7CuKO6. The van der Waals surface area contributed by atoms with Gasteiger partial charge in [0.15, 0.2) is 12.2 Å². The Morgan fingerprint density at radius 1 is 0.917 bits per heavy atom. The number of aliphatic hydroxyl groups is 2. The van der Waals surface area contributed by atoms with Gasteiger partial charge >= 0.3 is 63.3 Å². The zero-order valence-electron chi connectivity index (χ0n) is 5.06. The summed E-state index contributed by atoms with van der Waals surface area (Å²) < 4.78 is 0. The van der Waals surface area contributed by atoms with Crippen molar-refractivity contribution in [3.05, 3.63) is 0 Å². The summed E-state index contributed by atoms with van der Waals surface area (Å²) in [5, 5.41) is 32.5. The van der Waals surface area contributed by atoms with Crippen molar-refractivity contribution in [2.45, 2.75) is 12.2 Å². The summed E-state index contributed by atoms with van der Waals surface area (Å²) >= 11 is 0. The van der Waals surface area contributed by atoms with Crippen molar-refractivity contribution in [1.82, 2.24) is 0 Å². The van der Waals surface area contributed by atoms with Gasteiger partial charge in [0.25, 0.3) is 0 Å². The number of aliphatic hydroxyl groups excluding tert-OH is 2. The molecule has 0 fully saturated rings. The van der Waals surface area contributed by atoms with E-state index in [1.807, 2.05) is 0 Å². The summed E-state index contributed by atoms with van der Waals surface area (Å²) in [4.78, 5) is 19.5. The number of hydrogen-bond donors (Lipinski definition) is 4. The van der Waals surface area contributed by atoms with Crippen molar-refractivity contribution < 1.29 is 47.1 Å². The van der Waals surface area contributed by atoms with Crippen LogP contribution in [0, 0.1) is 0 Å². The predicted octanol–water partition coefficient (Wildman–Crippen LogP) is -2.77. The number of aliphatic carboxylic acids is 2. The molecule has 0 rings (SSSR count). The summed E-state index contributed by atoms with van der Waals surface area (Å²) in [7, 11) is 0. The first-order valence-electron chi connectivity index (χ1n) is 2.28. The van der Waals surface area contributed by atoms with E-state index >= 15 is 0 Å². The van der Waals surface area contributed by atoms with E-state index < -0.39 is 24.1 Å². The van der Waals surface area contributed by atoms with Gasteiger partial charge in [-0.3, -0.25) is 0 Å². The van der Waals surface area contributed by atoms with E-state index in [1.54, 1.807) is 0 Å². The molecule has 0 saturated carbocycles. The van der Waals surface area contributed by atoms with Crippen LogP contribution < -0.4 is 0 Å². The van der Waals surface area contributed by atoms with E-state index in [4.69, 9.17) is 20.4 Å². The Labute approximate surface area is 121 Å². The average molecular weight is 254 g/mol. The number of carboxylic acids is 2. The zero-order chi connectivity index (χ0) is 8.31. The molecule has 71 valence electrons. The van der Waals surface area contributed by atoms with E-state index in [9.17, 15) is 9.59 Å². The molecule has 0 aromatic rings. The monoisotopic (exact) mass is 253 g/mol. The number of carbonyl (C=O) groups is 2. The first kappa shape index (κ1) is 18.7. The molecule has 0 saturated heterocycles. The van der Waals surface area contributed by atoms with Gasteiger partial charge in [-0.25, -0.2) is 9.59 Å². The molecule has 0 bridgehead atoms. The van der Waals surface area contributed by atoms with E-state index in [0.717, 1.165) is 0 Å². The van der Waals surface area contributed by atoms with Crippen LogP contribution >= 0.6 is 0 Å². The third-order valence-electron chi connectivity index (χ3n) is 0.805. The molecule has 6 nitrogen and oxygen atoms in total. The quantitative estimate of drug-likeness (QED) is 0.405. The zero-order valence-corrected chi connectivity index (χ0v) is 6.00. The van der Waals surface area contributed by atoms with Gasteiger partial charge in [-0.1, -0.05) is 0 Å². The first-order valence-corrected chi connectivity index (χ1v) is 2.28. The summed E-state index contributed by atoms with van der Waals surface area (Å²) in [6, 6.07) is 0. The van der Waals surface area contributed by atoms with E-state index in [1.165, 1.54) is 0 Å². The van der Waals surface area contributed by atoms with E-state index in [0.29, 0.717) is 0 Å². The van der Waals surface area contributed by atoms with Gasteiger partial charge in [-0.15, -0.1) is 0 Å². The Bertz CT molecular complexity index is 144. The third kappa shape index (κ3) is 6.52. The molecule has 0 spiro atoms. The molecule has 0 aliphatic heterocycles. The van der Waals surface area contributed by atoms with Crippen molar-refractivity contribution in [2.75, 3.05) is 0 Å². The second-order valence-corrected chi connectivity index (χ2v) is 1.57. The van der Waals surface area contributed by atoms with Crippen molar-refractivity contribution >= 4 is 63.3 Å². The van der Waals surface area contributed by atoms with Gasteiger partial charge in [0.2, 0.25) is 0 Å². The van der Waals surface area contributed by atoms with Crippen LogP contribution in [-0.2, 0) is 26.7 Å². The van der Waals surface area contributed by atoms with E-state index in [2.05, 4.69) is 0 Å². The minimum absolute atomic E-state index is 0. The van der Waals surface area contributed by atoms with Crippen LogP contribution in [0.2, 0.25) is 0 Å². The fourth-order valence-electron chi connectivity index (χ4n) is 0.270. The Balaban J connectivity index is -0.000000405. The summed E-state index contributed by atoms with van der Waals surface area (Å²) in [5.41, 5.74) is 0. The Morgan fingerprint density at radius 2 is 1.08 bits per heavy atom. The average Bonchev–Trinajstić information content (AvgIpc) is 1.84. The normalized spacial score (nSPS) is 13.2. The molecule has 0 aliphatic rings. The van der Waals surface area contributed by atoms with Crippen LogP contribution in [-0.4, -0.2) is 96.0 Å². The molecule has 8 heteroatoms. The molecule has 4 N–H and O–H groups in total. The van der Waals surface area contributed by atoms with Crippen molar-refractivity contribution in [2.24, 2.45) is 0 Å². The van der Waals surface area contributed by atoms with Crippen LogP contribution in [0.1, 0.15) is 0 Å². The predicted molar refractivity (Wildman–Crippen MR) is 34.4 cm³/mol. The number of carboxylic acid groups (broad SMARTS) is 2. The molecular weight excluding hydrogens is 247 g/mol. The van der Waals surface area contributed by atoms with Gasteiger partial charge in [-0.2, -0.15) is 0 Å². The van der Waals surface area contributed by atoms with Gasteiger partial charge in [0.1, 0.15) is 0 Å². The molecule has 0 amide bonds. The molecule has 0 aromatic heterocycles. The maximum atomic E-state index is 9.77. The standard InChI is InChI=1S/C4H6O6.Cu.K.H/c5-1(3(7)8)2(6)4(9)10;;;/h1-2,5-6H,(H,7,8)(H,9,10);;;. The first-order chi connectivity index (χ1) is 4.46. The molecule has 2 unspecified atom stereocenters. The molecule has 0 heterocycles. The summed E-state index contributed by atoms with van der Waals surface area (Å²) in [5.74, 6) is -3.54. The maximum absolute atomic E-state index is 9.77. The van der Waals surface area contributed by atoms with Gasteiger partial charge in [0, 0.05) is 17.1 Å².